The quantitative estimate of drug-likeness (QED) is 0.794. The highest BCUT2D eigenvalue weighted by Crippen LogP contribution is 2.30. The van der Waals surface area contributed by atoms with Crippen LogP contribution in [-0.4, -0.2) is 28.7 Å². The Hall–Kier alpha value is -2.31. The normalized spacial score (nSPS) is 16.8. The molecule has 2 aromatic carbocycles. The fourth-order valence-corrected chi connectivity index (χ4v) is 3.74. The number of hydrogen-bond acceptors (Lipinski definition) is 4. The summed E-state index contributed by atoms with van der Waals surface area (Å²) in [6.07, 6.45) is 0.103. The van der Waals surface area contributed by atoms with Gasteiger partial charge in [0.1, 0.15) is 0 Å². The zero-order valence-corrected chi connectivity index (χ0v) is 15.6. The van der Waals surface area contributed by atoms with Crippen LogP contribution in [-0.2, 0) is 14.4 Å². The van der Waals surface area contributed by atoms with E-state index in [1.165, 1.54) is 16.7 Å². The van der Waals surface area contributed by atoms with Crippen LogP contribution in [0.25, 0.3) is 0 Å². The van der Waals surface area contributed by atoms with E-state index in [0.29, 0.717) is 16.4 Å². The van der Waals surface area contributed by atoms with Crippen LogP contribution in [0, 0.1) is 6.92 Å². The first kappa shape index (κ1) is 18.5. The van der Waals surface area contributed by atoms with Gasteiger partial charge in [0.05, 0.1) is 16.7 Å². The number of rotatable bonds is 5. The lowest BCUT2D eigenvalue weighted by molar-refractivity contribution is -0.121. The molecule has 1 fully saturated rings. The van der Waals surface area contributed by atoms with E-state index in [9.17, 15) is 14.4 Å². The molecule has 0 unspecified atom stereocenters. The van der Waals surface area contributed by atoms with Crippen LogP contribution in [0.2, 0.25) is 5.02 Å². The van der Waals surface area contributed by atoms with Gasteiger partial charge in [-0.15, -0.1) is 11.8 Å². The lowest BCUT2D eigenvalue weighted by atomic mass is 10.2. The van der Waals surface area contributed by atoms with Gasteiger partial charge in [-0.1, -0.05) is 23.7 Å². The number of amides is 3. The minimum atomic E-state index is -0.543. The molecule has 0 spiro atoms. The molecule has 5 nitrogen and oxygen atoms in total. The molecule has 0 aliphatic carbocycles. The number of thioether (sulfide) groups is 1. The largest absolute Gasteiger partial charge is 0.325 e. The molecule has 1 saturated heterocycles. The first-order chi connectivity index (χ1) is 12.4. The maximum atomic E-state index is 12.6. The molecule has 0 radical (unpaired) electrons. The van der Waals surface area contributed by atoms with E-state index in [4.69, 9.17) is 11.6 Å². The zero-order valence-electron chi connectivity index (χ0n) is 14.1. The van der Waals surface area contributed by atoms with Crippen LogP contribution in [0.3, 0.4) is 0 Å². The van der Waals surface area contributed by atoms with Gasteiger partial charge < -0.3 is 5.32 Å². The predicted octanol–water partition coefficient (Wildman–Crippen LogP) is 3.65. The van der Waals surface area contributed by atoms with E-state index in [1.54, 1.807) is 36.4 Å². The molecular formula is C19H17ClN2O3S. The number of nitrogens with one attached hydrogen (secondary N) is 1. The summed E-state index contributed by atoms with van der Waals surface area (Å²) in [6.45, 7) is 1.90. The van der Waals surface area contributed by atoms with Gasteiger partial charge >= 0.3 is 0 Å². The Morgan fingerprint density at radius 3 is 2.65 bits per heavy atom. The Morgan fingerprint density at radius 1 is 1.23 bits per heavy atom. The van der Waals surface area contributed by atoms with E-state index in [0.717, 1.165) is 5.56 Å². The zero-order chi connectivity index (χ0) is 18.7. The number of imide groups is 1. The van der Waals surface area contributed by atoms with Crippen LogP contribution < -0.4 is 10.2 Å². The van der Waals surface area contributed by atoms with Gasteiger partial charge in [-0.25, -0.2) is 4.90 Å². The molecular weight excluding hydrogens is 372 g/mol. The van der Waals surface area contributed by atoms with Crippen molar-refractivity contribution >= 4 is 52.5 Å². The Balaban J connectivity index is 1.59. The summed E-state index contributed by atoms with van der Waals surface area (Å²) in [4.78, 5) is 38.1. The molecule has 1 aliphatic rings. The summed E-state index contributed by atoms with van der Waals surface area (Å²) in [5.74, 6) is -0.652. The molecule has 0 aromatic heterocycles. The minimum absolute atomic E-state index is 0.0912. The van der Waals surface area contributed by atoms with Crippen molar-refractivity contribution in [1.29, 1.82) is 0 Å². The highest BCUT2D eigenvalue weighted by Gasteiger charge is 2.40. The molecule has 1 heterocycles. The highest BCUT2D eigenvalue weighted by atomic mass is 35.5. The minimum Gasteiger partial charge on any atom is -0.325 e. The third kappa shape index (κ3) is 4.26. The molecule has 2 aromatic rings. The van der Waals surface area contributed by atoms with Gasteiger partial charge in [0.2, 0.25) is 17.7 Å². The molecule has 134 valence electrons. The first-order valence-electron chi connectivity index (χ1n) is 8.04. The van der Waals surface area contributed by atoms with Gasteiger partial charge in [-0.2, -0.15) is 0 Å². The fraction of sp³-hybridized carbons (Fsp3) is 0.211. The number of benzene rings is 2. The summed E-state index contributed by atoms with van der Waals surface area (Å²) >= 11 is 6.99. The second kappa shape index (κ2) is 7.93. The van der Waals surface area contributed by atoms with Crippen LogP contribution in [0.1, 0.15) is 12.0 Å². The Kier molecular flexibility index (Phi) is 5.64. The van der Waals surface area contributed by atoms with Crippen molar-refractivity contribution in [2.75, 3.05) is 16.0 Å². The van der Waals surface area contributed by atoms with E-state index in [2.05, 4.69) is 5.32 Å². The van der Waals surface area contributed by atoms with Gasteiger partial charge in [0, 0.05) is 17.1 Å². The summed E-state index contributed by atoms with van der Waals surface area (Å²) < 4.78 is 0. The number of halogens is 1. The second-order valence-corrected chi connectivity index (χ2v) is 7.59. The fourth-order valence-electron chi connectivity index (χ4n) is 2.68. The topological polar surface area (TPSA) is 66.5 Å². The molecule has 3 amide bonds. The molecule has 1 atom stereocenters. The molecule has 26 heavy (non-hydrogen) atoms. The number of nitrogens with zero attached hydrogens (tertiary/aromatic N) is 1. The number of carbonyl (C=O) groups is 3. The van der Waals surface area contributed by atoms with Gasteiger partial charge in [-0.05, 0) is 48.9 Å². The smallest absolute Gasteiger partial charge is 0.247 e. The van der Waals surface area contributed by atoms with Crippen molar-refractivity contribution in [3.8, 4) is 0 Å². The van der Waals surface area contributed by atoms with Crippen LogP contribution in [0.4, 0.5) is 11.4 Å². The second-order valence-electron chi connectivity index (χ2n) is 5.97. The van der Waals surface area contributed by atoms with Crippen molar-refractivity contribution in [3.05, 3.63) is 59.1 Å². The van der Waals surface area contributed by atoms with Crippen molar-refractivity contribution < 1.29 is 14.4 Å². The average molecular weight is 389 g/mol. The van der Waals surface area contributed by atoms with Crippen LogP contribution in [0.15, 0.2) is 48.5 Å². The van der Waals surface area contributed by atoms with E-state index >= 15 is 0 Å². The summed E-state index contributed by atoms with van der Waals surface area (Å²) in [5.41, 5.74) is 2.19. The number of hydrogen-bond donors (Lipinski definition) is 1. The molecule has 1 N–H and O–H groups in total. The van der Waals surface area contributed by atoms with Gasteiger partial charge in [0.15, 0.2) is 0 Å². The standard InChI is InChI=1S/C19H17ClN2O3S/c1-12-3-2-4-15(9-12)22-18(24)10-16(19(22)25)26-11-17(23)21-14-7-5-13(20)6-8-14/h2-9,16H,10-11H2,1H3,(H,21,23)/t16-/m1/s1. The van der Waals surface area contributed by atoms with Crippen molar-refractivity contribution in [3.63, 3.8) is 0 Å². The Bertz CT molecular complexity index is 854. The van der Waals surface area contributed by atoms with Crippen LogP contribution >= 0.6 is 23.4 Å². The molecule has 1 aliphatic heterocycles. The maximum Gasteiger partial charge on any atom is 0.247 e. The van der Waals surface area contributed by atoms with Crippen molar-refractivity contribution in [2.24, 2.45) is 0 Å². The Labute approximate surface area is 160 Å². The molecule has 3 rings (SSSR count). The first-order valence-corrected chi connectivity index (χ1v) is 9.47. The lowest BCUT2D eigenvalue weighted by Gasteiger charge is -2.15. The maximum absolute atomic E-state index is 12.6. The average Bonchev–Trinajstić information content (AvgIpc) is 2.89. The number of aryl methyl sites for hydroxylation is 1. The van der Waals surface area contributed by atoms with Gasteiger partial charge in [0.25, 0.3) is 0 Å². The summed E-state index contributed by atoms with van der Waals surface area (Å²) in [6, 6.07) is 14.0. The molecule has 7 heteroatoms. The number of carbonyl (C=O) groups excluding carboxylic acids is 3. The third-order valence-electron chi connectivity index (χ3n) is 3.91. The van der Waals surface area contributed by atoms with Crippen molar-refractivity contribution in [1.82, 2.24) is 0 Å². The monoisotopic (exact) mass is 388 g/mol. The van der Waals surface area contributed by atoms with E-state index < -0.39 is 5.25 Å². The van der Waals surface area contributed by atoms with E-state index in [-0.39, 0.29) is 29.9 Å². The highest BCUT2D eigenvalue weighted by molar-refractivity contribution is 8.01. The molecule has 0 saturated carbocycles. The molecule has 0 bridgehead atoms. The summed E-state index contributed by atoms with van der Waals surface area (Å²) in [5, 5.41) is 2.79. The van der Waals surface area contributed by atoms with Gasteiger partial charge in [-0.3, -0.25) is 14.4 Å². The number of anilines is 2. The third-order valence-corrected chi connectivity index (χ3v) is 5.36. The van der Waals surface area contributed by atoms with E-state index in [1.807, 2.05) is 19.1 Å². The SMILES string of the molecule is Cc1cccc(N2C(=O)C[C@@H](SCC(=O)Nc3ccc(Cl)cc3)C2=O)c1. The predicted molar refractivity (Wildman–Crippen MR) is 105 cm³/mol. The van der Waals surface area contributed by atoms with Crippen LogP contribution in [0.5, 0.6) is 0 Å². The van der Waals surface area contributed by atoms with Crippen molar-refractivity contribution in [2.45, 2.75) is 18.6 Å². The lowest BCUT2D eigenvalue weighted by Crippen LogP contribution is -2.31. The summed E-state index contributed by atoms with van der Waals surface area (Å²) in [7, 11) is 0. The Morgan fingerprint density at radius 2 is 1.96 bits per heavy atom.